The second-order valence-electron chi connectivity index (χ2n) is 5.87. The van der Waals surface area contributed by atoms with Crippen LogP contribution < -0.4 is 4.74 Å². The highest BCUT2D eigenvalue weighted by molar-refractivity contribution is 5.76. The fourth-order valence-corrected chi connectivity index (χ4v) is 2.43. The topological polar surface area (TPSA) is 32.8 Å². The van der Waals surface area contributed by atoms with Crippen molar-refractivity contribution in [3.05, 3.63) is 42.0 Å². The zero-order valence-electron chi connectivity index (χ0n) is 13.6. The van der Waals surface area contributed by atoms with E-state index in [9.17, 15) is 4.79 Å². The summed E-state index contributed by atoms with van der Waals surface area (Å²) in [5, 5.41) is 0. The summed E-state index contributed by atoms with van der Waals surface area (Å²) in [7, 11) is 0. The smallest absolute Gasteiger partial charge is 0.224 e. The van der Waals surface area contributed by atoms with E-state index in [1.54, 1.807) is 0 Å². The van der Waals surface area contributed by atoms with Gasteiger partial charge in [-0.05, 0) is 26.0 Å². The first-order valence-electron chi connectivity index (χ1n) is 7.96. The van der Waals surface area contributed by atoms with Crippen LogP contribution >= 0.6 is 0 Å². The number of ether oxygens (including phenoxy) is 1. The van der Waals surface area contributed by atoms with Crippen molar-refractivity contribution in [3.8, 4) is 5.75 Å². The largest absolute Gasteiger partial charge is 0.492 e. The molecule has 1 amide bonds. The third-order valence-corrected chi connectivity index (χ3v) is 3.81. The van der Waals surface area contributed by atoms with Crippen LogP contribution in [0, 0.1) is 0 Å². The van der Waals surface area contributed by atoms with E-state index >= 15 is 0 Å². The van der Waals surface area contributed by atoms with Gasteiger partial charge in [0, 0.05) is 32.6 Å². The lowest BCUT2D eigenvalue weighted by molar-refractivity contribution is -0.130. The number of allylic oxidation sites excluding steroid dienone is 1. The maximum atomic E-state index is 12.2. The van der Waals surface area contributed by atoms with Crippen molar-refractivity contribution in [2.75, 3.05) is 39.3 Å². The summed E-state index contributed by atoms with van der Waals surface area (Å²) in [4.78, 5) is 16.4. The van der Waals surface area contributed by atoms with Crippen LogP contribution in [-0.4, -0.2) is 55.0 Å². The standard InChI is InChI=1S/C18H26N2O2/c1-16(2)8-10-19-11-9-18(21)20(13-12-19)14-15-22-17-6-4-3-5-7-17/h3-8H,9-15H2,1-2H3. The molecule has 1 aliphatic rings. The summed E-state index contributed by atoms with van der Waals surface area (Å²) in [6, 6.07) is 9.74. The Bertz CT molecular complexity index is 495. The third-order valence-electron chi connectivity index (χ3n) is 3.81. The van der Waals surface area contributed by atoms with E-state index in [1.807, 2.05) is 35.2 Å². The molecule has 4 nitrogen and oxygen atoms in total. The number of hydrogen-bond acceptors (Lipinski definition) is 3. The van der Waals surface area contributed by atoms with E-state index < -0.39 is 0 Å². The first kappa shape index (κ1) is 16.6. The summed E-state index contributed by atoms with van der Waals surface area (Å²) in [5.74, 6) is 1.09. The Hall–Kier alpha value is -1.81. The van der Waals surface area contributed by atoms with E-state index in [1.165, 1.54) is 5.57 Å². The molecule has 0 aromatic heterocycles. The Morgan fingerprint density at radius 2 is 1.95 bits per heavy atom. The molecule has 0 atom stereocenters. The van der Waals surface area contributed by atoms with Crippen molar-refractivity contribution in [3.63, 3.8) is 0 Å². The minimum absolute atomic E-state index is 0.233. The fraction of sp³-hybridized carbons (Fsp3) is 0.500. The van der Waals surface area contributed by atoms with Gasteiger partial charge in [-0.1, -0.05) is 29.8 Å². The summed E-state index contributed by atoms with van der Waals surface area (Å²) in [6.45, 7) is 8.91. The molecule has 120 valence electrons. The molecule has 1 saturated heterocycles. The van der Waals surface area contributed by atoms with Gasteiger partial charge in [0.2, 0.25) is 5.91 Å². The molecule has 22 heavy (non-hydrogen) atoms. The molecular formula is C18H26N2O2. The molecular weight excluding hydrogens is 276 g/mol. The van der Waals surface area contributed by atoms with Gasteiger partial charge in [-0.25, -0.2) is 0 Å². The molecule has 1 aliphatic heterocycles. The first-order chi connectivity index (χ1) is 10.6. The van der Waals surface area contributed by atoms with E-state index in [4.69, 9.17) is 4.74 Å². The quantitative estimate of drug-likeness (QED) is 0.757. The van der Waals surface area contributed by atoms with Gasteiger partial charge in [-0.3, -0.25) is 9.69 Å². The molecule has 1 aromatic rings. The molecule has 1 aromatic carbocycles. The second-order valence-corrected chi connectivity index (χ2v) is 5.87. The predicted octanol–water partition coefficient (Wildman–Crippen LogP) is 2.57. The highest BCUT2D eigenvalue weighted by Crippen LogP contribution is 2.09. The molecule has 0 saturated carbocycles. The highest BCUT2D eigenvalue weighted by atomic mass is 16.5. The minimum atomic E-state index is 0.233. The van der Waals surface area contributed by atoms with Gasteiger partial charge in [-0.15, -0.1) is 0 Å². The zero-order valence-corrected chi connectivity index (χ0v) is 13.6. The number of rotatable bonds is 6. The molecule has 0 radical (unpaired) electrons. The Balaban J connectivity index is 1.76. The van der Waals surface area contributed by atoms with Crippen LogP contribution in [0.4, 0.5) is 0 Å². The second kappa shape index (κ2) is 8.59. The maximum absolute atomic E-state index is 12.2. The fourth-order valence-electron chi connectivity index (χ4n) is 2.43. The number of carbonyl (C=O) groups is 1. The normalized spacial score (nSPS) is 16.3. The molecule has 4 heteroatoms. The Kier molecular flexibility index (Phi) is 6.46. The van der Waals surface area contributed by atoms with Crippen molar-refractivity contribution in [2.24, 2.45) is 0 Å². The Morgan fingerprint density at radius 3 is 2.68 bits per heavy atom. The average Bonchev–Trinajstić information content (AvgIpc) is 2.69. The van der Waals surface area contributed by atoms with Crippen molar-refractivity contribution < 1.29 is 9.53 Å². The van der Waals surface area contributed by atoms with Crippen LogP contribution in [0.3, 0.4) is 0 Å². The van der Waals surface area contributed by atoms with Crippen molar-refractivity contribution in [1.82, 2.24) is 9.80 Å². The zero-order chi connectivity index (χ0) is 15.8. The van der Waals surface area contributed by atoms with Gasteiger partial charge in [0.05, 0.1) is 6.54 Å². The molecule has 1 heterocycles. The van der Waals surface area contributed by atoms with Gasteiger partial charge in [0.25, 0.3) is 0 Å². The Morgan fingerprint density at radius 1 is 1.18 bits per heavy atom. The lowest BCUT2D eigenvalue weighted by Gasteiger charge is -2.21. The van der Waals surface area contributed by atoms with E-state index in [0.29, 0.717) is 19.6 Å². The van der Waals surface area contributed by atoms with Gasteiger partial charge >= 0.3 is 0 Å². The van der Waals surface area contributed by atoms with E-state index in [-0.39, 0.29) is 5.91 Å². The summed E-state index contributed by atoms with van der Waals surface area (Å²) in [6.07, 6.45) is 2.82. The van der Waals surface area contributed by atoms with Crippen LogP contribution in [-0.2, 0) is 4.79 Å². The molecule has 0 spiro atoms. The number of carbonyl (C=O) groups excluding carboxylic acids is 1. The first-order valence-corrected chi connectivity index (χ1v) is 7.96. The molecule has 2 rings (SSSR count). The summed E-state index contributed by atoms with van der Waals surface area (Å²) in [5.41, 5.74) is 1.32. The number of para-hydroxylation sites is 1. The summed E-state index contributed by atoms with van der Waals surface area (Å²) >= 11 is 0. The minimum Gasteiger partial charge on any atom is -0.492 e. The maximum Gasteiger partial charge on any atom is 0.224 e. The number of hydrogen-bond donors (Lipinski definition) is 0. The Labute approximate surface area is 133 Å². The van der Waals surface area contributed by atoms with E-state index in [0.717, 1.165) is 31.9 Å². The number of amides is 1. The molecule has 0 N–H and O–H groups in total. The lowest BCUT2D eigenvalue weighted by atomic mass is 10.3. The highest BCUT2D eigenvalue weighted by Gasteiger charge is 2.19. The van der Waals surface area contributed by atoms with Crippen LogP contribution in [0.2, 0.25) is 0 Å². The van der Waals surface area contributed by atoms with E-state index in [2.05, 4.69) is 24.8 Å². The molecule has 1 fully saturated rings. The predicted molar refractivity (Wildman–Crippen MR) is 89.0 cm³/mol. The van der Waals surface area contributed by atoms with Gasteiger partial charge in [0.15, 0.2) is 0 Å². The van der Waals surface area contributed by atoms with Crippen molar-refractivity contribution in [2.45, 2.75) is 20.3 Å². The van der Waals surface area contributed by atoms with Crippen molar-refractivity contribution >= 4 is 5.91 Å². The monoisotopic (exact) mass is 302 g/mol. The van der Waals surface area contributed by atoms with Gasteiger partial charge in [0.1, 0.15) is 12.4 Å². The van der Waals surface area contributed by atoms with Crippen LogP contribution in [0.1, 0.15) is 20.3 Å². The molecule has 0 aliphatic carbocycles. The molecule has 0 bridgehead atoms. The average molecular weight is 302 g/mol. The van der Waals surface area contributed by atoms with Gasteiger partial charge in [-0.2, -0.15) is 0 Å². The SMILES string of the molecule is CC(C)=CCN1CCC(=O)N(CCOc2ccccc2)CC1. The molecule has 0 unspecified atom stereocenters. The summed E-state index contributed by atoms with van der Waals surface area (Å²) < 4.78 is 5.69. The van der Waals surface area contributed by atoms with Gasteiger partial charge < -0.3 is 9.64 Å². The lowest BCUT2D eigenvalue weighted by Crippen LogP contribution is -2.36. The van der Waals surface area contributed by atoms with Crippen molar-refractivity contribution in [1.29, 1.82) is 0 Å². The number of benzene rings is 1. The van der Waals surface area contributed by atoms with Crippen LogP contribution in [0.25, 0.3) is 0 Å². The van der Waals surface area contributed by atoms with Crippen LogP contribution in [0.15, 0.2) is 42.0 Å². The number of nitrogens with zero attached hydrogens (tertiary/aromatic N) is 2. The van der Waals surface area contributed by atoms with Crippen LogP contribution in [0.5, 0.6) is 5.75 Å². The third kappa shape index (κ3) is 5.53.